The Balaban J connectivity index is 2.10. The number of carbonyl (C=O) groups excluding carboxylic acids is 1. The Labute approximate surface area is 116 Å². The predicted octanol–water partition coefficient (Wildman–Crippen LogP) is 3.94. The molecule has 2 heteroatoms. The lowest BCUT2D eigenvalue weighted by atomic mass is 9.97. The molecule has 0 atom stereocenters. The molecule has 0 aliphatic rings. The molecule has 0 N–H and O–H groups in total. The molecule has 0 spiro atoms. The quantitative estimate of drug-likeness (QED) is 0.652. The molecule has 0 aliphatic carbocycles. The van der Waals surface area contributed by atoms with Crippen LogP contribution in [-0.2, 0) is 0 Å². The molecule has 20 heavy (non-hydrogen) atoms. The standard InChI is InChI=1S/C18H11NO/c19-12-13-8-10-15(11-9-13)18(20)17-7-3-5-14-4-1-2-6-16(14)17/h1-11H. The zero-order valence-corrected chi connectivity index (χ0v) is 10.7. The highest BCUT2D eigenvalue weighted by molar-refractivity contribution is 6.16. The first kappa shape index (κ1) is 12.1. The van der Waals surface area contributed by atoms with E-state index in [1.54, 1.807) is 24.3 Å². The number of rotatable bonds is 2. The van der Waals surface area contributed by atoms with Crippen molar-refractivity contribution in [2.75, 3.05) is 0 Å². The van der Waals surface area contributed by atoms with Crippen LogP contribution in [0.25, 0.3) is 10.8 Å². The van der Waals surface area contributed by atoms with Crippen LogP contribution in [-0.4, -0.2) is 5.78 Å². The molecule has 0 saturated carbocycles. The second-order valence-corrected chi connectivity index (χ2v) is 4.54. The average molecular weight is 257 g/mol. The maximum atomic E-state index is 12.6. The van der Waals surface area contributed by atoms with Crippen LogP contribution in [0.5, 0.6) is 0 Å². The molecule has 0 heterocycles. The molecular weight excluding hydrogens is 246 g/mol. The molecule has 94 valence electrons. The fraction of sp³-hybridized carbons (Fsp3) is 0. The van der Waals surface area contributed by atoms with E-state index in [1.807, 2.05) is 42.5 Å². The monoisotopic (exact) mass is 257 g/mol. The summed E-state index contributed by atoms with van der Waals surface area (Å²) in [6.45, 7) is 0. The maximum Gasteiger partial charge on any atom is 0.193 e. The topological polar surface area (TPSA) is 40.9 Å². The van der Waals surface area contributed by atoms with E-state index in [4.69, 9.17) is 5.26 Å². The average Bonchev–Trinajstić information content (AvgIpc) is 2.54. The van der Waals surface area contributed by atoms with Gasteiger partial charge in [-0.15, -0.1) is 0 Å². The SMILES string of the molecule is N#Cc1ccc(C(=O)c2cccc3ccccc23)cc1. The molecule has 0 aliphatic heterocycles. The molecular formula is C18H11NO. The molecule has 0 saturated heterocycles. The van der Waals surface area contributed by atoms with E-state index in [0.717, 1.165) is 10.8 Å². The molecule has 2 nitrogen and oxygen atoms in total. The summed E-state index contributed by atoms with van der Waals surface area (Å²) < 4.78 is 0. The van der Waals surface area contributed by atoms with Gasteiger partial charge in [0.2, 0.25) is 0 Å². The first-order chi connectivity index (χ1) is 9.79. The van der Waals surface area contributed by atoms with Gasteiger partial charge < -0.3 is 0 Å². The summed E-state index contributed by atoms with van der Waals surface area (Å²) in [5, 5.41) is 10.8. The molecule has 0 bridgehead atoms. The summed E-state index contributed by atoms with van der Waals surface area (Å²) in [7, 11) is 0. The normalized spacial score (nSPS) is 10.2. The molecule has 0 aromatic heterocycles. The van der Waals surface area contributed by atoms with Crippen molar-refractivity contribution in [3.8, 4) is 6.07 Å². The minimum absolute atomic E-state index is 0.0220. The van der Waals surface area contributed by atoms with Crippen molar-refractivity contribution >= 4 is 16.6 Å². The van der Waals surface area contributed by atoms with Gasteiger partial charge in [-0.3, -0.25) is 4.79 Å². The van der Waals surface area contributed by atoms with Crippen molar-refractivity contribution in [2.24, 2.45) is 0 Å². The Morgan fingerprint density at radius 1 is 0.850 bits per heavy atom. The highest BCUT2D eigenvalue weighted by atomic mass is 16.1. The van der Waals surface area contributed by atoms with Crippen molar-refractivity contribution in [1.29, 1.82) is 5.26 Å². The van der Waals surface area contributed by atoms with Crippen LogP contribution < -0.4 is 0 Å². The number of hydrogen-bond acceptors (Lipinski definition) is 2. The largest absolute Gasteiger partial charge is 0.289 e. The van der Waals surface area contributed by atoms with Gasteiger partial charge in [0.05, 0.1) is 11.6 Å². The number of benzene rings is 3. The summed E-state index contributed by atoms with van der Waals surface area (Å²) >= 11 is 0. The fourth-order valence-electron chi connectivity index (χ4n) is 2.28. The van der Waals surface area contributed by atoms with Gasteiger partial charge in [0, 0.05) is 11.1 Å². The van der Waals surface area contributed by atoms with Crippen molar-refractivity contribution in [2.45, 2.75) is 0 Å². The number of ketones is 1. The zero-order valence-electron chi connectivity index (χ0n) is 10.7. The first-order valence-corrected chi connectivity index (χ1v) is 6.32. The summed E-state index contributed by atoms with van der Waals surface area (Å²) in [5.41, 5.74) is 1.84. The van der Waals surface area contributed by atoms with Crippen LogP contribution in [0.2, 0.25) is 0 Å². The van der Waals surface area contributed by atoms with Crippen molar-refractivity contribution in [1.82, 2.24) is 0 Å². The van der Waals surface area contributed by atoms with E-state index in [-0.39, 0.29) is 5.78 Å². The smallest absolute Gasteiger partial charge is 0.193 e. The summed E-state index contributed by atoms with van der Waals surface area (Å²) in [6.07, 6.45) is 0. The van der Waals surface area contributed by atoms with Gasteiger partial charge in [-0.05, 0) is 35.0 Å². The molecule has 3 aromatic rings. The Morgan fingerprint density at radius 2 is 1.55 bits per heavy atom. The molecule has 3 rings (SSSR count). The number of fused-ring (bicyclic) bond motifs is 1. The van der Waals surface area contributed by atoms with Crippen LogP contribution in [0.1, 0.15) is 21.5 Å². The molecule has 0 fully saturated rings. The Morgan fingerprint density at radius 3 is 2.30 bits per heavy atom. The summed E-state index contributed by atoms with van der Waals surface area (Å²) in [6, 6.07) is 22.3. The Bertz CT molecular complexity index is 821. The van der Waals surface area contributed by atoms with Gasteiger partial charge >= 0.3 is 0 Å². The lowest BCUT2D eigenvalue weighted by Gasteiger charge is -2.06. The molecule has 0 radical (unpaired) electrons. The van der Waals surface area contributed by atoms with Crippen molar-refractivity contribution in [3.63, 3.8) is 0 Å². The fourth-order valence-corrected chi connectivity index (χ4v) is 2.28. The van der Waals surface area contributed by atoms with E-state index >= 15 is 0 Å². The zero-order chi connectivity index (χ0) is 13.9. The molecule has 0 amide bonds. The summed E-state index contributed by atoms with van der Waals surface area (Å²) in [4.78, 5) is 12.6. The van der Waals surface area contributed by atoms with E-state index in [1.165, 1.54) is 0 Å². The van der Waals surface area contributed by atoms with E-state index in [2.05, 4.69) is 6.07 Å². The van der Waals surface area contributed by atoms with E-state index in [0.29, 0.717) is 16.7 Å². The minimum Gasteiger partial charge on any atom is -0.289 e. The van der Waals surface area contributed by atoms with Gasteiger partial charge in [0.15, 0.2) is 5.78 Å². The van der Waals surface area contributed by atoms with E-state index < -0.39 is 0 Å². The Hall–Kier alpha value is -2.92. The first-order valence-electron chi connectivity index (χ1n) is 6.32. The van der Waals surface area contributed by atoms with Crippen LogP contribution in [0.4, 0.5) is 0 Å². The van der Waals surface area contributed by atoms with Crippen LogP contribution in [0.3, 0.4) is 0 Å². The third-order valence-electron chi connectivity index (χ3n) is 3.31. The highest BCUT2D eigenvalue weighted by Gasteiger charge is 2.11. The van der Waals surface area contributed by atoms with Gasteiger partial charge in [-0.1, -0.05) is 42.5 Å². The number of nitrogens with zero attached hydrogens (tertiary/aromatic N) is 1. The predicted molar refractivity (Wildman–Crippen MR) is 78.5 cm³/mol. The van der Waals surface area contributed by atoms with Gasteiger partial charge in [0.1, 0.15) is 0 Å². The van der Waals surface area contributed by atoms with Gasteiger partial charge in [0.25, 0.3) is 0 Å². The van der Waals surface area contributed by atoms with E-state index in [9.17, 15) is 4.79 Å². The summed E-state index contributed by atoms with van der Waals surface area (Å²) in [5.74, 6) is -0.0220. The number of carbonyl (C=O) groups is 1. The second-order valence-electron chi connectivity index (χ2n) is 4.54. The number of nitriles is 1. The lowest BCUT2D eigenvalue weighted by molar-refractivity contribution is 0.104. The molecule has 3 aromatic carbocycles. The van der Waals surface area contributed by atoms with Crippen LogP contribution in [0, 0.1) is 11.3 Å². The van der Waals surface area contributed by atoms with Crippen molar-refractivity contribution < 1.29 is 4.79 Å². The van der Waals surface area contributed by atoms with Gasteiger partial charge in [-0.2, -0.15) is 5.26 Å². The highest BCUT2D eigenvalue weighted by Crippen LogP contribution is 2.21. The lowest BCUT2D eigenvalue weighted by Crippen LogP contribution is -2.02. The maximum absolute atomic E-state index is 12.6. The Kier molecular flexibility index (Phi) is 3.02. The molecule has 0 unspecified atom stereocenters. The number of hydrogen-bond donors (Lipinski definition) is 0. The van der Waals surface area contributed by atoms with Gasteiger partial charge in [-0.25, -0.2) is 0 Å². The second kappa shape index (κ2) is 4.99. The van der Waals surface area contributed by atoms with Crippen LogP contribution >= 0.6 is 0 Å². The van der Waals surface area contributed by atoms with Crippen LogP contribution in [0.15, 0.2) is 66.7 Å². The third kappa shape index (κ3) is 2.06. The third-order valence-corrected chi connectivity index (χ3v) is 3.31. The minimum atomic E-state index is -0.0220. The van der Waals surface area contributed by atoms with Crippen molar-refractivity contribution in [3.05, 3.63) is 83.4 Å².